The molecule has 2 heterocycles. The number of anilines is 1. The van der Waals surface area contributed by atoms with Gasteiger partial charge in [-0.05, 0) is 0 Å². The number of aromatic nitrogens is 2. The highest BCUT2D eigenvalue weighted by atomic mass is 35.5. The molecule has 1 aromatic heterocycles. The Morgan fingerprint density at radius 3 is 2.93 bits per heavy atom. The predicted molar refractivity (Wildman–Crippen MR) is 51.5 cm³/mol. The van der Waals surface area contributed by atoms with Gasteiger partial charge in [-0.2, -0.15) is 0 Å². The smallest absolute Gasteiger partial charge is 0.252 e. The highest BCUT2D eigenvalue weighted by Gasteiger charge is 2.30. The summed E-state index contributed by atoms with van der Waals surface area (Å²) in [4.78, 5) is 30.1. The minimum Gasteiger partial charge on any atom is -0.292 e. The predicted octanol–water partition coefficient (Wildman–Crippen LogP) is 0.114. The summed E-state index contributed by atoms with van der Waals surface area (Å²) in [6, 6.07) is 1.29. The van der Waals surface area contributed by atoms with Crippen molar-refractivity contribution in [1.29, 1.82) is 0 Å². The summed E-state index contributed by atoms with van der Waals surface area (Å²) in [5, 5.41) is -0.201. The first-order valence-corrected chi connectivity index (χ1v) is 4.60. The molecule has 1 unspecified atom stereocenters. The van der Waals surface area contributed by atoms with Crippen LogP contribution in [0, 0.1) is 0 Å². The number of alkyl halides is 1. The van der Waals surface area contributed by atoms with E-state index < -0.39 is 0 Å². The Balaban J connectivity index is 2.32. The van der Waals surface area contributed by atoms with Gasteiger partial charge in [-0.25, -0.2) is 4.98 Å². The van der Waals surface area contributed by atoms with E-state index in [1.807, 2.05) is 0 Å². The van der Waals surface area contributed by atoms with Crippen molar-refractivity contribution in [1.82, 2.24) is 9.97 Å². The van der Waals surface area contributed by atoms with Crippen LogP contribution in [0.1, 0.15) is 6.42 Å². The first-order chi connectivity index (χ1) is 6.66. The molecule has 0 aliphatic carbocycles. The molecule has 14 heavy (non-hydrogen) atoms. The first-order valence-electron chi connectivity index (χ1n) is 4.16. The second kappa shape index (κ2) is 3.42. The van der Waals surface area contributed by atoms with E-state index in [1.54, 1.807) is 0 Å². The standard InChI is InChI=1S/C8H8ClN3O2/c9-5-3-7(14)12(4-5)8-10-2-1-6(13)11-8/h1-2,5H,3-4H2,(H,10,11,13). The van der Waals surface area contributed by atoms with Crippen molar-refractivity contribution in [3.05, 3.63) is 22.6 Å². The Kier molecular flexibility index (Phi) is 2.25. The molecule has 1 N–H and O–H groups in total. The number of hydrogen-bond donors (Lipinski definition) is 1. The third-order valence-corrected chi connectivity index (χ3v) is 2.28. The summed E-state index contributed by atoms with van der Waals surface area (Å²) >= 11 is 5.81. The van der Waals surface area contributed by atoms with Crippen LogP contribution in [-0.4, -0.2) is 27.8 Å². The van der Waals surface area contributed by atoms with E-state index >= 15 is 0 Å². The SMILES string of the molecule is O=C1CC(Cl)CN1c1nccc(=O)[nH]1. The summed E-state index contributed by atoms with van der Waals surface area (Å²) < 4.78 is 0. The topological polar surface area (TPSA) is 66.1 Å². The van der Waals surface area contributed by atoms with E-state index in [0.717, 1.165) is 0 Å². The third kappa shape index (κ3) is 1.63. The lowest BCUT2D eigenvalue weighted by Crippen LogP contribution is -2.28. The minimum absolute atomic E-state index is 0.112. The van der Waals surface area contributed by atoms with Crippen LogP contribution in [-0.2, 0) is 4.79 Å². The highest BCUT2D eigenvalue weighted by molar-refractivity contribution is 6.24. The molecule has 0 radical (unpaired) electrons. The molecule has 2 rings (SSSR count). The molecule has 1 amide bonds. The van der Waals surface area contributed by atoms with E-state index in [9.17, 15) is 9.59 Å². The molecule has 1 atom stereocenters. The summed E-state index contributed by atoms with van der Waals surface area (Å²) in [6.45, 7) is 0.396. The Labute approximate surface area is 84.7 Å². The van der Waals surface area contributed by atoms with Crippen molar-refractivity contribution < 1.29 is 4.79 Å². The fraction of sp³-hybridized carbons (Fsp3) is 0.375. The van der Waals surface area contributed by atoms with Gasteiger partial charge in [-0.3, -0.25) is 19.5 Å². The number of carbonyl (C=O) groups excluding carboxylic acids is 1. The van der Waals surface area contributed by atoms with E-state index in [0.29, 0.717) is 13.0 Å². The van der Waals surface area contributed by atoms with E-state index in [-0.39, 0.29) is 22.8 Å². The maximum absolute atomic E-state index is 11.4. The molecule has 1 aromatic rings. The van der Waals surface area contributed by atoms with E-state index in [2.05, 4.69) is 9.97 Å². The van der Waals surface area contributed by atoms with Gasteiger partial charge in [0, 0.05) is 25.2 Å². The normalized spacial score (nSPS) is 21.6. The van der Waals surface area contributed by atoms with Gasteiger partial charge < -0.3 is 0 Å². The Bertz CT molecular complexity index is 417. The lowest BCUT2D eigenvalue weighted by molar-refractivity contribution is -0.117. The van der Waals surface area contributed by atoms with Crippen LogP contribution in [0.25, 0.3) is 0 Å². The number of H-pyrrole nitrogens is 1. The van der Waals surface area contributed by atoms with Crippen molar-refractivity contribution in [2.24, 2.45) is 0 Å². The Hall–Kier alpha value is -1.36. The van der Waals surface area contributed by atoms with Gasteiger partial charge in [0.05, 0.1) is 5.38 Å². The first kappa shape index (κ1) is 9.21. The number of nitrogens with one attached hydrogen (secondary N) is 1. The molecule has 1 aliphatic heterocycles. The molecule has 0 aromatic carbocycles. The molecule has 5 nitrogen and oxygen atoms in total. The van der Waals surface area contributed by atoms with Crippen molar-refractivity contribution in [3.63, 3.8) is 0 Å². The van der Waals surface area contributed by atoms with Gasteiger partial charge in [0.15, 0.2) is 0 Å². The Morgan fingerprint density at radius 1 is 1.57 bits per heavy atom. The van der Waals surface area contributed by atoms with Crippen LogP contribution >= 0.6 is 11.6 Å². The zero-order chi connectivity index (χ0) is 10.1. The molecular weight excluding hydrogens is 206 g/mol. The number of amides is 1. The fourth-order valence-corrected chi connectivity index (χ4v) is 1.64. The number of nitrogens with zero attached hydrogens (tertiary/aromatic N) is 2. The lowest BCUT2D eigenvalue weighted by Gasteiger charge is -2.12. The number of hydrogen-bond acceptors (Lipinski definition) is 3. The van der Waals surface area contributed by atoms with Gasteiger partial charge in [0.25, 0.3) is 5.56 Å². The zero-order valence-corrected chi connectivity index (χ0v) is 7.99. The number of carbonyl (C=O) groups is 1. The van der Waals surface area contributed by atoms with E-state index in [1.165, 1.54) is 17.2 Å². The van der Waals surface area contributed by atoms with E-state index in [4.69, 9.17) is 11.6 Å². The average Bonchev–Trinajstić information content (AvgIpc) is 2.45. The van der Waals surface area contributed by atoms with Gasteiger partial charge in [-0.15, -0.1) is 11.6 Å². The summed E-state index contributed by atoms with van der Waals surface area (Å²) in [7, 11) is 0. The summed E-state index contributed by atoms with van der Waals surface area (Å²) in [5.74, 6) is 0.157. The molecular formula is C8H8ClN3O2. The minimum atomic E-state index is -0.277. The van der Waals surface area contributed by atoms with Gasteiger partial charge in [-0.1, -0.05) is 0 Å². The van der Waals surface area contributed by atoms with Crippen LogP contribution in [0.15, 0.2) is 17.1 Å². The fourth-order valence-electron chi connectivity index (χ4n) is 1.37. The maximum atomic E-state index is 11.4. The van der Waals surface area contributed by atoms with Crippen LogP contribution < -0.4 is 10.5 Å². The van der Waals surface area contributed by atoms with Crippen molar-refractivity contribution in [2.45, 2.75) is 11.8 Å². The quantitative estimate of drug-likeness (QED) is 0.674. The monoisotopic (exact) mass is 213 g/mol. The summed E-state index contributed by atoms with van der Waals surface area (Å²) in [6.07, 6.45) is 1.66. The number of rotatable bonds is 1. The van der Waals surface area contributed by atoms with Gasteiger partial charge >= 0.3 is 0 Å². The van der Waals surface area contributed by atoms with Crippen molar-refractivity contribution in [2.75, 3.05) is 11.4 Å². The molecule has 74 valence electrons. The second-order valence-corrected chi connectivity index (χ2v) is 3.68. The summed E-state index contributed by atoms with van der Waals surface area (Å²) in [5.41, 5.74) is -0.277. The third-order valence-electron chi connectivity index (χ3n) is 1.99. The number of aromatic amines is 1. The molecule has 6 heteroatoms. The Morgan fingerprint density at radius 2 is 2.36 bits per heavy atom. The molecule has 1 fully saturated rings. The molecule has 0 spiro atoms. The zero-order valence-electron chi connectivity index (χ0n) is 7.24. The average molecular weight is 214 g/mol. The van der Waals surface area contributed by atoms with Gasteiger partial charge in [0.1, 0.15) is 0 Å². The highest BCUT2D eigenvalue weighted by Crippen LogP contribution is 2.19. The number of halogens is 1. The van der Waals surface area contributed by atoms with Crippen LogP contribution in [0.2, 0.25) is 0 Å². The molecule has 1 aliphatic rings. The molecule has 0 saturated carbocycles. The maximum Gasteiger partial charge on any atom is 0.252 e. The second-order valence-electron chi connectivity index (χ2n) is 3.06. The largest absolute Gasteiger partial charge is 0.292 e. The van der Waals surface area contributed by atoms with Crippen LogP contribution in [0.4, 0.5) is 5.95 Å². The molecule has 0 bridgehead atoms. The van der Waals surface area contributed by atoms with Gasteiger partial charge in [0.2, 0.25) is 11.9 Å². The van der Waals surface area contributed by atoms with Crippen LogP contribution in [0.3, 0.4) is 0 Å². The lowest BCUT2D eigenvalue weighted by atomic mass is 10.4. The van der Waals surface area contributed by atoms with Crippen molar-refractivity contribution in [3.8, 4) is 0 Å². The van der Waals surface area contributed by atoms with Crippen LogP contribution in [0.5, 0.6) is 0 Å². The van der Waals surface area contributed by atoms with Crippen molar-refractivity contribution >= 4 is 23.5 Å². The molecule has 1 saturated heterocycles.